The van der Waals surface area contributed by atoms with Crippen LogP contribution in [0.2, 0.25) is 0 Å². The van der Waals surface area contributed by atoms with E-state index in [2.05, 4.69) is 5.32 Å². The monoisotopic (exact) mass is 351 g/mol. The van der Waals surface area contributed by atoms with Gasteiger partial charge >= 0.3 is 11.6 Å². The topological polar surface area (TPSA) is 68.5 Å². The van der Waals surface area contributed by atoms with Crippen LogP contribution in [0.15, 0.2) is 51.7 Å². The van der Waals surface area contributed by atoms with Crippen molar-refractivity contribution in [2.24, 2.45) is 0 Å². The number of aryl methyl sites for hydroxylation is 2. The molecule has 0 atom stereocenters. The minimum Gasteiger partial charge on any atom is -0.462 e. The van der Waals surface area contributed by atoms with Crippen molar-refractivity contribution in [3.05, 3.63) is 75.1 Å². The molecule has 5 heteroatoms. The standard InChI is InChI=1S/C21H21NO4/c1-4-25-21(24)15-6-5-7-17(10-15)22-12-16-11-20(23)26-19-9-14(3)13(2)8-18(16)19/h5-11,22H,4,12H2,1-3H3. The number of carbonyl (C=O) groups is 1. The third-order valence-corrected chi connectivity index (χ3v) is 4.30. The van der Waals surface area contributed by atoms with Crippen molar-refractivity contribution in [1.29, 1.82) is 0 Å². The average Bonchev–Trinajstić information content (AvgIpc) is 2.61. The summed E-state index contributed by atoms with van der Waals surface area (Å²) in [6, 6.07) is 12.5. The Morgan fingerprint density at radius 3 is 2.65 bits per heavy atom. The smallest absolute Gasteiger partial charge is 0.338 e. The molecular formula is C21H21NO4. The molecule has 3 aromatic rings. The normalized spacial score (nSPS) is 10.7. The largest absolute Gasteiger partial charge is 0.462 e. The number of anilines is 1. The van der Waals surface area contributed by atoms with E-state index in [4.69, 9.17) is 9.15 Å². The van der Waals surface area contributed by atoms with Gasteiger partial charge in [-0.05, 0) is 67.8 Å². The number of nitrogens with one attached hydrogen (secondary N) is 1. The molecule has 0 aliphatic carbocycles. The van der Waals surface area contributed by atoms with Gasteiger partial charge in [0.2, 0.25) is 0 Å². The highest BCUT2D eigenvalue weighted by Crippen LogP contribution is 2.22. The summed E-state index contributed by atoms with van der Waals surface area (Å²) in [7, 11) is 0. The second-order valence-corrected chi connectivity index (χ2v) is 6.18. The van der Waals surface area contributed by atoms with Gasteiger partial charge in [-0.1, -0.05) is 6.07 Å². The van der Waals surface area contributed by atoms with E-state index in [-0.39, 0.29) is 11.6 Å². The fourth-order valence-corrected chi connectivity index (χ4v) is 2.80. The van der Waals surface area contributed by atoms with E-state index in [9.17, 15) is 9.59 Å². The van der Waals surface area contributed by atoms with Gasteiger partial charge in [-0.15, -0.1) is 0 Å². The average molecular weight is 351 g/mol. The molecule has 134 valence electrons. The zero-order chi connectivity index (χ0) is 18.7. The lowest BCUT2D eigenvalue weighted by Crippen LogP contribution is -2.08. The third kappa shape index (κ3) is 3.77. The Morgan fingerprint density at radius 1 is 1.12 bits per heavy atom. The number of ether oxygens (including phenoxy) is 1. The summed E-state index contributed by atoms with van der Waals surface area (Å²) in [5.74, 6) is -0.354. The third-order valence-electron chi connectivity index (χ3n) is 4.30. The maximum absolute atomic E-state index is 11.9. The first kappa shape index (κ1) is 17.7. The van der Waals surface area contributed by atoms with Gasteiger partial charge in [-0.2, -0.15) is 0 Å². The Hall–Kier alpha value is -3.08. The number of rotatable bonds is 5. The molecule has 0 radical (unpaired) electrons. The lowest BCUT2D eigenvalue weighted by atomic mass is 10.0. The van der Waals surface area contributed by atoms with Gasteiger partial charge in [0.1, 0.15) is 5.58 Å². The van der Waals surface area contributed by atoms with Crippen molar-refractivity contribution in [2.45, 2.75) is 27.3 Å². The molecule has 0 aliphatic heterocycles. The summed E-state index contributed by atoms with van der Waals surface area (Å²) in [6.45, 7) is 6.56. The molecule has 0 fully saturated rings. The van der Waals surface area contributed by atoms with Gasteiger partial charge in [0.25, 0.3) is 0 Å². The fraction of sp³-hybridized carbons (Fsp3) is 0.238. The zero-order valence-corrected chi connectivity index (χ0v) is 15.1. The Bertz CT molecular complexity index is 1020. The van der Waals surface area contributed by atoms with E-state index in [1.165, 1.54) is 6.07 Å². The highest BCUT2D eigenvalue weighted by atomic mass is 16.5. The van der Waals surface area contributed by atoms with Crippen LogP contribution in [0.5, 0.6) is 0 Å². The van der Waals surface area contributed by atoms with Crippen LogP contribution in [0.3, 0.4) is 0 Å². The predicted octanol–water partition coefficient (Wildman–Crippen LogP) is 4.20. The molecule has 1 N–H and O–H groups in total. The number of hydrogen-bond donors (Lipinski definition) is 1. The summed E-state index contributed by atoms with van der Waals surface area (Å²) >= 11 is 0. The first-order valence-corrected chi connectivity index (χ1v) is 8.53. The zero-order valence-electron chi connectivity index (χ0n) is 15.1. The molecule has 5 nitrogen and oxygen atoms in total. The summed E-state index contributed by atoms with van der Waals surface area (Å²) in [6.07, 6.45) is 0. The van der Waals surface area contributed by atoms with Crippen molar-refractivity contribution in [1.82, 2.24) is 0 Å². The van der Waals surface area contributed by atoms with E-state index < -0.39 is 0 Å². The number of carbonyl (C=O) groups excluding carboxylic acids is 1. The van der Waals surface area contributed by atoms with Crippen LogP contribution in [0.4, 0.5) is 5.69 Å². The Balaban J connectivity index is 1.88. The molecule has 3 rings (SSSR count). The molecule has 0 bridgehead atoms. The Kier molecular flexibility index (Phi) is 5.07. The molecule has 1 heterocycles. The number of hydrogen-bond acceptors (Lipinski definition) is 5. The highest BCUT2D eigenvalue weighted by molar-refractivity contribution is 5.90. The molecule has 1 aromatic heterocycles. The maximum Gasteiger partial charge on any atom is 0.338 e. The Labute approximate surface area is 151 Å². The van der Waals surface area contributed by atoms with Crippen molar-refractivity contribution in [2.75, 3.05) is 11.9 Å². The van der Waals surface area contributed by atoms with Gasteiger partial charge in [0, 0.05) is 23.7 Å². The molecule has 0 saturated carbocycles. The summed E-state index contributed by atoms with van der Waals surface area (Å²) in [4.78, 5) is 23.7. The van der Waals surface area contributed by atoms with Gasteiger partial charge in [0.05, 0.1) is 12.2 Å². The molecule has 0 aliphatic rings. The van der Waals surface area contributed by atoms with Crippen molar-refractivity contribution in [3.8, 4) is 0 Å². The number of fused-ring (bicyclic) bond motifs is 1. The first-order valence-electron chi connectivity index (χ1n) is 8.53. The highest BCUT2D eigenvalue weighted by Gasteiger charge is 2.09. The van der Waals surface area contributed by atoms with Crippen molar-refractivity contribution in [3.63, 3.8) is 0 Å². The van der Waals surface area contributed by atoms with E-state index >= 15 is 0 Å². The van der Waals surface area contributed by atoms with Crippen LogP contribution < -0.4 is 10.9 Å². The minimum atomic E-state index is -0.377. The number of benzene rings is 2. The Morgan fingerprint density at radius 2 is 1.88 bits per heavy atom. The van der Waals surface area contributed by atoms with Gasteiger partial charge in [-0.3, -0.25) is 0 Å². The van der Waals surface area contributed by atoms with Crippen LogP contribution in [0.1, 0.15) is 34.0 Å². The van der Waals surface area contributed by atoms with E-state index in [1.807, 2.05) is 32.0 Å². The first-order chi connectivity index (χ1) is 12.5. The van der Waals surface area contributed by atoms with Gasteiger partial charge in [0.15, 0.2) is 0 Å². The molecule has 0 amide bonds. The molecule has 0 unspecified atom stereocenters. The molecular weight excluding hydrogens is 330 g/mol. The maximum atomic E-state index is 11.9. The summed E-state index contributed by atoms with van der Waals surface area (Å²) in [5.41, 5.74) is 4.53. The van der Waals surface area contributed by atoms with Crippen LogP contribution in [-0.4, -0.2) is 12.6 Å². The second-order valence-electron chi connectivity index (χ2n) is 6.18. The van der Waals surface area contributed by atoms with Crippen LogP contribution in [0, 0.1) is 13.8 Å². The minimum absolute atomic E-state index is 0.334. The van der Waals surface area contributed by atoms with Crippen molar-refractivity contribution < 1.29 is 13.9 Å². The molecule has 26 heavy (non-hydrogen) atoms. The fourth-order valence-electron chi connectivity index (χ4n) is 2.80. The van der Waals surface area contributed by atoms with Gasteiger partial charge in [-0.25, -0.2) is 9.59 Å². The summed E-state index contributed by atoms with van der Waals surface area (Å²) in [5, 5.41) is 4.17. The SMILES string of the molecule is CCOC(=O)c1cccc(NCc2cc(=O)oc3cc(C)c(C)cc23)c1. The second kappa shape index (κ2) is 7.44. The quantitative estimate of drug-likeness (QED) is 0.551. The predicted molar refractivity (Wildman–Crippen MR) is 102 cm³/mol. The lowest BCUT2D eigenvalue weighted by Gasteiger charge is -2.11. The van der Waals surface area contributed by atoms with Crippen LogP contribution >= 0.6 is 0 Å². The van der Waals surface area contributed by atoms with E-state index in [1.54, 1.807) is 25.1 Å². The van der Waals surface area contributed by atoms with Gasteiger partial charge < -0.3 is 14.5 Å². The summed E-state index contributed by atoms with van der Waals surface area (Å²) < 4.78 is 10.3. The number of esters is 1. The lowest BCUT2D eigenvalue weighted by molar-refractivity contribution is 0.0526. The van der Waals surface area contributed by atoms with E-state index in [0.717, 1.165) is 27.8 Å². The van der Waals surface area contributed by atoms with Crippen molar-refractivity contribution >= 4 is 22.6 Å². The molecule has 0 saturated heterocycles. The molecule has 2 aromatic carbocycles. The van der Waals surface area contributed by atoms with Crippen LogP contribution in [0.25, 0.3) is 11.0 Å². The molecule has 0 spiro atoms. The van der Waals surface area contributed by atoms with E-state index in [0.29, 0.717) is 24.3 Å². The van der Waals surface area contributed by atoms with Crippen LogP contribution in [-0.2, 0) is 11.3 Å².